The topological polar surface area (TPSA) is 13.7 Å². The van der Waals surface area contributed by atoms with Crippen molar-refractivity contribution in [2.45, 2.75) is 41.0 Å². The van der Waals surface area contributed by atoms with Gasteiger partial charge in [0.1, 0.15) is 18.1 Å². The Labute approximate surface area is 261 Å². The number of fused-ring (bicyclic) bond motifs is 3. The molecule has 0 amide bonds. The molecule has 0 atom stereocenters. The Kier molecular flexibility index (Phi) is 8.21. The highest BCUT2D eigenvalue weighted by molar-refractivity contribution is 6.10. The van der Waals surface area contributed by atoms with Crippen LogP contribution in [0.5, 0.6) is 0 Å². The van der Waals surface area contributed by atoms with Gasteiger partial charge in [-0.05, 0) is 96.6 Å². The van der Waals surface area contributed by atoms with Gasteiger partial charge in [0.2, 0.25) is 0 Å². The Bertz CT molecular complexity index is 2020. The second-order valence-corrected chi connectivity index (χ2v) is 12.1. The lowest BCUT2D eigenvalue weighted by Gasteiger charge is -2.13. The summed E-state index contributed by atoms with van der Waals surface area (Å²) in [6.07, 6.45) is 5.60. The summed E-state index contributed by atoms with van der Waals surface area (Å²) in [5, 5.41) is 2.55. The maximum atomic E-state index is 2.37. The molecule has 7 aromatic rings. The summed E-state index contributed by atoms with van der Waals surface area (Å²) in [5.41, 5.74) is 11.1. The highest BCUT2D eigenvalue weighted by atomic mass is 15.1. The number of rotatable bonds is 5. The zero-order valence-electron chi connectivity index (χ0n) is 26.8. The van der Waals surface area contributed by atoms with Crippen LogP contribution in [-0.4, -0.2) is 9.13 Å². The Balaban J connectivity index is 0.000000637. The van der Waals surface area contributed by atoms with E-state index in [2.05, 4.69) is 183 Å². The lowest BCUT2D eigenvalue weighted by Crippen LogP contribution is -2.29. The average molecular weight is 577 g/mol. The van der Waals surface area contributed by atoms with Crippen LogP contribution in [0.2, 0.25) is 0 Å². The predicted octanol–water partition coefficient (Wildman–Crippen LogP) is 10.4. The molecule has 0 bridgehead atoms. The predicted molar refractivity (Wildman–Crippen MR) is 187 cm³/mol. The summed E-state index contributed by atoms with van der Waals surface area (Å²) < 4.78 is 6.88. The minimum atomic E-state index is 0.884. The second kappa shape index (κ2) is 12.4. The lowest BCUT2D eigenvalue weighted by atomic mass is 9.97. The van der Waals surface area contributed by atoms with Gasteiger partial charge in [0, 0.05) is 16.5 Å². The molecule has 0 saturated carbocycles. The fourth-order valence-electron chi connectivity index (χ4n) is 6.10. The molecule has 0 aliphatic heterocycles. The number of imidazole rings is 1. The van der Waals surface area contributed by atoms with Crippen molar-refractivity contribution < 1.29 is 4.57 Å². The molecular formula is C41H42N3+. The highest BCUT2D eigenvalue weighted by Gasteiger charge is 2.22. The number of para-hydroxylation sites is 2. The molecular weight excluding hydrogens is 534 g/mol. The van der Waals surface area contributed by atoms with E-state index in [0.717, 1.165) is 5.92 Å². The Hall–Kier alpha value is -4.89. The Morgan fingerprint density at radius 2 is 1.23 bits per heavy atom. The summed E-state index contributed by atoms with van der Waals surface area (Å²) in [6.45, 7) is 11.1. The molecule has 0 fully saturated rings. The van der Waals surface area contributed by atoms with E-state index in [4.69, 9.17) is 0 Å². The van der Waals surface area contributed by atoms with Gasteiger partial charge < -0.3 is 4.57 Å². The van der Waals surface area contributed by atoms with Gasteiger partial charge in [-0.1, -0.05) is 87.9 Å². The molecule has 2 heterocycles. The van der Waals surface area contributed by atoms with Crippen molar-refractivity contribution in [3.63, 3.8) is 0 Å². The Morgan fingerprint density at radius 1 is 0.636 bits per heavy atom. The van der Waals surface area contributed by atoms with E-state index >= 15 is 0 Å². The van der Waals surface area contributed by atoms with Gasteiger partial charge in [-0.3, -0.25) is 0 Å². The molecule has 0 radical (unpaired) electrons. The third-order valence-electron chi connectivity index (χ3n) is 8.60. The summed E-state index contributed by atoms with van der Waals surface area (Å²) in [4.78, 5) is 0. The summed E-state index contributed by atoms with van der Waals surface area (Å²) in [6, 6.07) is 41.5. The zero-order chi connectivity index (χ0) is 30.8. The molecule has 7 rings (SSSR count). The number of aromatic nitrogens is 3. The third-order valence-corrected chi connectivity index (χ3v) is 8.60. The minimum absolute atomic E-state index is 0.884. The smallest absolute Gasteiger partial charge is 0.293 e. The number of nitrogens with zero attached hydrogens (tertiary/aromatic N) is 3. The van der Waals surface area contributed by atoms with Gasteiger partial charge in [-0.2, -0.15) is 4.57 Å². The molecule has 0 saturated heterocycles. The lowest BCUT2D eigenvalue weighted by molar-refractivity contribution is -0.659. The van der Waals surface area contributed by atoms with E-state index in [9.17, 15) is 0 Å². The fourth-order valence-corrected chi connectivity index (χ4v) is 6.10. The normalized spacial score (nSPS) is 11.2. The molecule has 3 nitrogen and oxygen atoms in total. The van der Waals surface area contributed by atoms with Crippen LogP contribution in [0.25, 0.3) is 55.7 Å². The SMILES string of the molecule is CCC(C)C.Cc1cc(-c2ccc3c(c2)c2ccccc2n3-c2ccccc2)cc(C)c1-n1cc[n+](C)c1-c1ccccc1. The van der Waals surface area contributed by atoms with Crippen LogP contribution in [0.1, 0.15) is 38.3 Å². The zero-order valence-corrected chi connectivity index (χ0v) is 26.8. The molecule has 0 N–H and O–H groups in total. The quantitative estimate of drug-likeness (QED) is 0.181. The van der Waals surface area contributed by atoms with Gasteiger partial charge >= 0.3 is 0 Å². The maximum absolute atomic E-state index is 2.37. The summed E-state index contributed by atoms with van der Waals surface area (Å²) in [5.74, 6) is 2.06. The molecule has 3 heteroatoms. The third kappa shape index (κ3) is 5.46. The van der Waals surface area contributed by atoms with Gasteiger partial charge in [0.25, 0.3) is 5.82 Å². The second-order valence-electron chi connectivity index (χ2n) is 12.1. The molecule has 0 unspecified atom stereocenters. The van der Waals surface area contributed by atoms with Crippen molar-refractivity contribution in [2.24, 2.45) is 13.0 Å². The first-order valence-electron chi connectivity index (χ1n) is 15.7. The van der Waals surface area contributed by atoms with E-state index in [1.54, 1.807) is 0 Å². The van der Waals surface area contributed by atoms with E-state index in [1.807, 2.05) is 0 Å². The maximum Gasteiger partial charge on any atom is 0.293 e. The summed E-state index contributed by atoms with van der Waals surface area (Å²) in [7, 11) is 2.11. The van der Waals surface area contributed by atoms with Crippen LogP contribution in [0, 0.1) is 19.8 Å². The van der Waals surface area contributed by atoms with Crippen molar-refractivity contribution in [1.82, 2.24) is 9.13 Å². The van der Waals surface area contributed by atoms with Crippen LogP contribution in [0.4, 0.5) is 0 Å². The van der Waals surface area contributed by atoms with Gasteiger partial charge in [0.15, 0.2) is 0 Å². The summed E-state index contributed by atoms with van der Waals surface area (Å²) >= 11 is 0. The van der Waals surface area contributed by atoms with Crippen LogP contribution < -0.4 is 4.57 Å². The monoisotopic (exact) mass is 576 g/mol. The van der Waals surface area contributed by atoms with E-state index in [1.165, 1.54) is 73.2 Å². The first kappa shape index (κ1) is 29.2. The minimum Gasteiger partial charge on any atom is -0.309 e. The fraction of sp³-hybridized carbons (Fsp3) is 0.195. The van der Waals surface area contributed by atoms with Crippen LogP contribution in [0.3, 0.4) is 0 Å². The van der Waals surface area contributed by atoms with E-state index < -0.39 is 0 Å². The van der Waals surface area contributed by atoms with Crippen LogP contribution >= 0.6 is 0 Å². The van der Waals surface area contributed by atoms with E-state index in [-0.39, 0.29) is 0 Å². The number of hydrogen-bond acceptors (Lipinski definition) is 0. The molecule has 0 spiro atoms. The molecule has 0 aliphatic carbocycles. The average Bonchev–Trinajstić information content (AvgIpc) is 3.59. The molecule has 220 valence electrons. The van der Waals surface area contributed by atoms with Crippen molar-refractivity contribution in [3.05, 3.63) is 139 Å². The Morgan fingerprint density at radius 3 is 1.89 bits per heavy atom. The largest absolute Gasteiger partial charge is 0.309 e. The first-order chi connectivity index (χ1) is 21.4. The van der Waals surface area contributed by atoms with Crippen molar-refractivity contribution in [1.29, 1.82) is 0 Å². The number of hydrogen-bond donors (Lipinski definition) is 0. The van der Waals surface area contributed by atoms with Gasteiger partial charge in [0.05, 0.1) is 23.6 Å². The van der Waals surface area contributed by atoms with Crippen molar-refractivity contribution >= 4 is 21.8 Å². The van der Waals surface area contributed by atoms with Gasteiger partial charge in [-0.15, -0.1) is 0 Å². The first-order valence-corrected chi connectivity index (χ1v) is 15.7. The molecule has 44 heavy (non-hydrogen) atoms. The van der Waals surface area contributed by atoms with E-state index in [0.29, 0.717) is 0 Å². The molecule has 2 aromatic heterocycles. The van der Waals surface area contributed by atoms with Crippen LogP contribution in [0.15, 0.2) is 128 Å². The van der Waals surface area contributed by atoms with Gasteiger partial charge in [-0.25, -0.2) is 4.57 Å². The standard InChI is InChI=1S/C36H30N3.C5H12/c1-25-22-29(23-26(2)35(25)38-21-20-37(3)36(38)27-12-6-4-7-13-27)28-18-19-34-32(24-28)31-16-10-11-17-33(31)39(34)30-14-8-5-9-15-30;1-4-5(2)3/h4-24H,1-3H3;5H,4H2,1-3H3/q+1;. The molecule has 5 aromatic carbocycles. The van der Waals surface area contributed by atoms with Crippen LogP contribution in [-0.2, 0) is 7.05 Å². The number of aryl methyl sites for hydroxylation is 3. The molecule has 0 aliphatic rings. The van der Waals surface area contributed by atoms with Crippen molar-refractivity contribution in [2.75, 3.05) is 0 Å². The van der Waals surface area contributed by atoms with Crippen molar-refractivity contribution in [3.8, 4) is 33.9 Å². The highest BCUT2D eigenvalue weighted by Crippen LogP contribution is 2.36. The number of benzene rings is 5.